The summed E-state index contributed by atoms with van der Waals surface area (Å²) in [5, 5.41) is 4.06. The minimum Gasteiger partial charge on any atom is -0.305 e. The third kappa shape index (κ3) is 2.11. The van der Waals surface area contributed by atoms with Gasteiger partial charge in [0.25, 0.3) is 0 Å². The van der Waals surface area contributed by atoms with Gasteiger partial charge in [-0.1, -0.05) is 26.0 Å². The van der Waals surface area contributed by atoms with Crippen molar-refractivity contribution in [2.45, 2.75) is 26.7 Å². The quantitative estimate of drug-likeness (QED) is 0.685. The topological polar surface area (TPSA) is 45.2 Å². The molecule has 3 aromatic rings. The molecular formula is C18H17N3OS. The normalized spacial score (nSPS) is 13.7. The minimum atomic E-state index is -0.118. The lowest BCUT2D eigenvalue weighted by Gasteiger charge is -2.28. The summed E-state index contributed by atoms with van der Waals surface area (Å²) in [7, 11) is 0. The molecule has 23 heavy (non-hydrogen) atoms. The summed E-state index contributed by atoms with van der Waals surface area (Å²) >= 11 is 1.61. The lowest BCUT2D eigenvalue weighted by Crippen LogP contribution is -2.33. The fourth-order valence-corrected chi connectivity index (χ4v) is 3.97. The molecule has 4 nitrogen and oxygen atoms in total. The molecule has 5 heteroatoms. The largest absolute Gasteiger partial charge is 0.331 e. The van der Waals surface area contributed by atoms with Crippen molar-refractivity contribution in [2.75, 3.05) is 10.2 Å². The summed E-state index contributed by atoms with van der Waals surface area (Å²) in [6.07, 6.45) is 1.77. The molecule has 1 aliphatic rings. The summed E-state index contributed by atoms with van der Waals surface area (Å²) in [6, 6.07) is 9.96. The second-order valence-electron chi connectivity index (χ2n) is 6.06. The summed E-state index contributed by atoms with van der Waals surface area (Å²) in [4.78, 5) is 21.0. The van der Waals surface area contributed by atoms with E-state index in [0.29, 0.717) is 5.92 Å². The van der Waals surface area contributed by atoms with Gasteiger partial charge in [-0.15, -0.1) is 11.3 Å². The molecule has 0 radical (unpaired) electrons. The first kappa shape index (κ1) is 14.2. The van der Waals surface area contributed by atoms with Crippen LogP contribution in [0.3, 0.4) is 0 Å². The van der Waals surface area contributed by atoms with Crippen molar-refractivity contribution in [1.29, 1.82) is 0 Å². The third-order valence-electron chi connectivity index (χ3n) is 4.22. The van der Waals surface area contributed by atoms with Gasteiger partial charge in [-0.25, -0.2) is 9.78 Å². The number of nitrogens with one attached hydrogen (secondary N) is 1. The van der Waals surface area contributed by atoms with Gasteiger partial charge in [-0.05, 0) is 36.6 Å². The van der Waals surface area contributed by atoms with Crippen LogP contribution in [0.25, 0.3) is 10.2 Å². The highest BCUT2D eigenvalue weighted by atomic mass is 32.1. The number of hydrogen-bond donors (Lipinski definition) is 1. The van der Waals surface area contributed by atoms with Gasteiger partial charge in [0, 0.05) is 11.1 Å². The minimum absolute atomic E-state index is 0.118. The molecule has 2 aromatic heterocycles. The highest BCUT2D eigenvalue weighted by Crippen LogP contribution is 2.45. The Hall–Kier alpha value is -2.40. The Morgan fingerprint density at radius 3 is 2.87 bits per heavy atom. The van der Waals surface area contributed by atoms with Gasteiger partial charge in [0.15, 0.2) is 0 Å². The second-order valence-corrected chi connectivity index (χ2v) is 7.26. The van der Waals surface area contributed by atoms with E-state index in [2.05, 4.69) is 36.3 Å². The number of hydrogen-bond acceptors (Lipinski definition) is 3. The van der Waals surface area contributed by atoms with Crippen LogP contribution < -0.4 is 10.2 Å². The van der Waals surface area contributed by atoms with Crippen LogP contribution in [-0.2, 0) is 0 Å². The molecule has 0 spiro atoms. The molecule has 0 saturated heterocycles. The van der Waals surface area contributed by atoms with Gasteiger partial charge in [0.2, 0.25) is 0 Å². The average Bonchev–Trinajstić information content (AvgIpc) is 2.85. The maximum absolute atomic E-state index is 12.7. The fourth-order valence-electron chi connectivity index (χ4n) is 3.01. The number of anilines is 3. The molecule has 0 aliphatic carbocycles. The number of pyridine rings is 1. The van der Waals surface area contributed by atoms with Gasteiger partial charge < -0.3 is 5.32 Å². The number of carbonyl (C=O) groups excluding carboxylic acids is 1. The van der Waals surface area contributed by atoms with E-state index in [1.165, 1.54) is 5.56 Å². The first-order valence-electron chi connectivity index (χ1n) is 7.65. The van der Waals surface area contributed by atoms with E-state index in [4.69, 9.17) is 0 Å². The number of urea groups is 1. The second kappa shape index (κ2) is 5.06. The first-order chi connectivity index (χ1) is 11.1. The van der Waals surface area contributed by atoms with E-state index in [9.17, 15) is 4.79 Å². The molecule has 116 valence electrons. The van der Waals surface area contributed by atoms with Crippen LogP contribution in [0.2, 0.25) is 0 Å². The van der Waals surface area contributed by atoms with E-state index in [1.807, 2.05) is 25.1 Å². The lowest BCUT2D eigenvalue weighted by molar-refractivity contribution is 0.259. The predicted molar refractivity (Wildman–Crippen MR) is 96.0 cm³/mol. The van der Waals surface area contributed by atoms with Gasteiger partial charge in [-0.3, -0.25) is 4.90 Å². The van der Waals surface area contributed by atoms with Crippen molar-refractivity contribution >= 4 is 44.6 Å². The Morgan fingerprint density at radius 1 is 1.26 bits per heavy atom. The smallest absolute Gasteiger partial charge is 0.305 e. The van der Waals surface area contributed by atoms with E-state index < -0.39 is 0 Å². The monoisotopic (exact) mass is 323 g/mol. The van der Waals surface area contributed by atoms with E-state index in [-0.39, 0.29) is 6.03 Å². The van der Waals surface area contributed by atoms with Gasteiger partial charge in [0.05, 0.1) is 22.4 Å². The number of aromatic nitrogens is 1. The highest BCUT2D eigenvalue weighted by Gasteiger charge is 2.29. The standard InChI is InChI=1S/C18H17N3OS/c1-10(2)12-5-4-6-13(9-12)21-14-7-8-19-17-15(14)16(11(3)23-17)20-18(21)22/h4-10H,1-3H3,(H,20,22). The molecule has 4 rings (SSSR count). The number of rotatable bonds is 2. The Balaban J connectivity index is 1.95. The highest BCUT2D eigenvalue weighted by molar-refractivity contribution is 7.19. The molecule has 0 bridgehead atoms. The molecule has 0 saturated carbocycles. The Bertz CT molecular complexity index is 929. The van der Waals surface area contributed by atoms with Crippen molar-refractivity contribution in [1.82, 2.24) is 4.98 Å². The van der Waals surface area contributed by atoms with Gasteiger partial charge >= 0.3 is 6.03 Å². The SMILES string of the molecule is Cc1sc2nccc3c2c1NC(=O)N3c1cccc(C(C)C)c1. The van der Waals surface area contributed by atoms with Gasteiger partial charge in [0.1, 0.15) is 4.83 Å². The fraction of sp³-hybridized carbons (Fsp3) is 0.222. The summed E-state index contributed by atoms with van der Waals surface area (Å²) in [6.45, 7) is 6.32. The third-order valence-corrected chi connectivity index (χ3v) is 5.23. The molecule has 0 fully saturated rings. The number of amides is 2. The molecule has 1 aliphatic heterocycles. The van der Waals surface area contributed by atoms with Crippen molar-refractivity contribution in [3.05, 3.63) is 47.0 Å². The molecule has 3 heterocycles. The zero-order valence-corrected chi connectivity index (χ0v) is 14.1. The predicted octanol–water partition coefficient (Wildman–Crippen LogP) is 5.41. The summed E-state index contributed by atoms with van der Waals surface area (Å²) in [5.41, 5.74) is 3.90. The Labute approximate surface area is 138 Å². The average molecular weight is 323 g/mol. The Morgan fingerprint density at radius 2 is 2.09 bits per heavy atom. The molecule has 1 N–H and O–H groups in total. The molecule has 0 atom stereocenters. The van der Waals surface area contributed by atoms with Crippen molar-refractivity contribution < 1.29 is 4.79 Å². The zero-order valence-electron chi connectivity index (χ0n) is 13.3. The number of aryl methyl sites for hydroxylation is 1. The maximum atomic E-state index is 12.7. The van der Waals surface area contributed by atoms with Crippen LogP contribution in [0.5, 0.6) is 0 Å². The summed E-state index contributed by atoms with van der Waals surface area (Å²) < 4.78 is 0. The van der Waals surface area contributed by atoms with Crippen LogP contribution >= 0.6 is 11.3 Å². The molecule has 1 aromatic carbocycles. The van der Waals surface area contributed by atoms with Crippen molar-refractivity contribution in [3.8, 4) is 0 Å². The van der Waals surface area contributed by atoms with Gasteiger partial charge in [-0.2, -0.15) is 0 Å². The summed E-state index contributed by atoms with van der Waals surface area (Å²) in [5.74, 6) is 0.416. The van der Waals surface area contributed by atoms with Crippen LogP contribution in [0.15, 0.2) is 36.5 Å². The van der Waals surface area contributed by atoms with Crippen LogP contribution in [0.4, 0.5) is 21.9 Å². The first-order valence-corrected chi connectivity index (χ1v) is 8.47. The van der Waals surface area contributed by atoms with Crippen LogP contribution in [0, 0.1) is 6.92 Å². The maximum Gasteiger partial charge on any atom is 0.331 e. The number of nitrogens with zero attached hydrogens (tertiary/aromatic N) is 2. The van der Waals surface area contributed by atoms with E-state index in [0.717, 1.165) is 32.2 Å². The van der Waals surface area contributed by atoms with Crippen LogP contribution in [0.1, 0.15) is 30.2 Å². The van der Waals surface area contributed by atoms with Crippen molar-refractivity contribution in [2.24, 2.45) is 0 Å². The van der Waals surface area contributed by atoms with Crippen LogP contribution in [-0.4, -0.2) is 11.0 Å². The zero-order chi connectivity index (χ0) is 16.1. The molecular weight excluding hydrogens is 306 g/mol. The van der Waals surface area contributed by atoms with E-state index in [1.54, 1.807) is 22.4 Å². The number of benzene rings is 1. The Kier molecular flexibility index (Phi) is 3.13. The number of carbonyl (C=O) groups is 1. The lowest BCUT2D eigenvalue weighted by atomic mass is 10.0. The van der Waals surface area contributed by atoms with Crippen molar-refractivity contribution in [3.63, 3.8) is 0 Å². The molecule has 0 unspecified atom stereocenters. The number of thiophene rings is 1. The van der Waals surface area contributed by atoms with E-state index >= 15 is 0 Å². The molecule has 2 amide bonds.